The summed E-state index contributed by atoms with van der Waals surface area (Å²) in [6.45, 7) is 9.28. The normalized spacial score (nSPS) is 15.3. The number of piperazine rings is 1. The van der Waals surface area contributed by atoms with E-state index in [2.05, 4.69) is 51.3 Å². The number of amides is 2. The highest BCUT2D eigenvalue weighted by Gasteiger charge is 2.28. The minimum atomic E-state index is -0.449. The third-order valence-corrected chi connectivity index (χ3v) is 6.02. The molecule has 1 saturated heterocycles. The molecule has 2 aromatic heterocycles. The third kappa shape index (κ3) is 6.51. The summed E-state index contributed by atoms with van der Waals surface area (Å²) in [5.74, 6) is 1.16. The highest BCUT2D eigenvalue weighted by Crippen LogP contribution is 2.22. The molecule has 4 rings (SSSR count). The highest BCUT2D eigenvalue weighted by atomic mass is 16.5. The van der Waals surface area contributed by atoms with Crippen LogP contribution in [0.3, 0.4) is 0 Å². The summed E-state index contributed by atoms with van der Waals surface area (Å²) >= 11 is 0. The van der Waals surface area contributed by atoms with Crippen LogP contribution in [0.25, 0.3) is 22.8 Å². The Morgan fingerprint density at radius 3 is 2.43 bits per heavy atom. The summed E-state index contributed by atoms with van der Waals surface area (Å²) < 4.78 is 5.38. The lowest BCUT2D eigenvalue weighted by Gasteiger charge is -2.36. The molecule has 35 heavy (non-hydrogen) atoms. The van der Waals surface area contributed by atoms with Gasteiger partial charge in [-0.1, -0.05) is 43.3 Å². The molecule has 2 amide bonds. The standard InChI is InChI=1S/C26H32N6O3/c1-18(2)15-23(28-19(3)33)26(34)32-13-11-31(12-14-32)17-20-6-8-21(9-7-20)24-29-25(35-30-24)22-5-4-10-27-16-22/h4-10,16,18,23H,11-15,17H2,1-3H3,(H,28,33)/t23-/m0/s1. The summed E-state index contributed by atoms with van der Waals surface area (Å²) in [5, 5.41) is 6.92. The van der Waals surface area contributed by atoms with E-state index in [1.165, 1.54) is 12.5 Å². The zero-order valence-corrected chi connectivity index (χ0v) is 20.5. The fraction of sp³-hybridized carbons (Fsp3) is 0.423. The van der Waals surface area contributed by atoms with Gasteiger partial charge in [0.05, 0.1) is 5.56 Å². The first kappa shape index (κ1) is 24.5. The molecule has 1 N–H and O–H groups in total. The zero-order valence-electron chi connectivity index (χ0n) is 20.5. The van der Waals surface area contributed by atoms with E-state index in [0.717, 1.165) is 30.8 Å². The molecule has 0 spiro atoms. The first-order valence-electron chi connectivity index (χ1n) is 12.0. The molecule has 3 aromatic rings. The van der Waals surface area contributed by atoms with Crippen molar-refractivity contribution in [2.75, 3.05) is 26.2 Å². The quantitative estimate of drug-likeness (QED) is 0.533. The number of benzene rings is 1. The number of carbonyl (C=O) groups excluding carboxylic acids is 2. The molecular formula is C26H32N6O3. The van der Waals surface area contributed by atoms with E-state index in [1.54, 1.807) is 12.4 Å². The number of nitrogens with zero attached hydrogens (tertiary/aromatic N) is 5. The maximum absolute atomic E-state index is 13.0. The Balaban J connectivity index is 1.31. The molecule has 9 heteroatoms. The smallest absolute Gasteiger partial charge is 0.259 e. The number of rotatable bonds is 8. The molecule has 0 bridgehead atoms. The minimum Gasteiger partial charge on any atom is -0.345 e. The van der Waals surface area contributed by atoms with Crippen molar-refractivity contribution in [1.29, 1.82) is 0 Å². The Morgan fingerprint density at radius 1 is 1.06 bits per heavy atom. The van der Waals surface area contributed by atoms with Crippen molar-refractivity contribution in [3.8, 4) is 22.8 Å². The van der Waals surface area contributed by atoms with Crippen LogP contribution in [0.15, 0.2) is 53.3 Å². The van der Waals surface area contributed by atoms with Crippen LogP contribution in [0.1, 0.15) is 32.8 Å². The minimum absolute atomic E-state index is 0.0173. The molecule has 0 saturated carbocycles. The Bertz CT molecular complexity index is 1120. The monoisotopic (exact) mass is 476 g/mol. The molecule has 1 aliphatic rings. The summed E-state index contributed by atoms with van der Waals surface area (Å²) in [6, 6.07) is 11.4. The maximum Gasteiger partial charge on any atom is 0.259 e. The van der Waals surface area contributed by atoms with Crippen LogP contribution in [0.4, 0.5) is 0 Å². The second-order valence-electron chi connectivity index (χ2n) is 9.35. The van der Waals surface area contributed by atoms with Gasteiger partial charge in [-0.25, -0.2) is 0 Å². The van der Waals surface area contributed by atoms with Gasteiger partial charge in [0.2, 0.25) is 17.6 Å². The van der Waals surface area contributed by atoms with E-state index >= 15 is 0 Å². The summed E-state index contributed by atoms with van der Waals surface area (Å²) in [5.41, 5.74) is 2.85. The predicted molar refractivity (Wildman–Crippen MR) is 132 cm³/mol. The molecule has 9 nitrogen and oxygen atoms in total. The third-order valence-electron chi connectivity index (χ3n) is 6.02. The SMILES string of the molecule is CC(=O)N[C@@H](CC(C)C)C(=O)N1CCN(Cc2ccc(-c3noc(-c4cccnc4)n3)cc2)CC1. The van der Waals surface area contributed by atoms with E-state index in [1.807, 2.05) is 29.2 Å². The molecule has 3 heterocycles. The van der Waals surface area contributed by atoms with Crippen LogP contribution in [-0.2, 0) is 16.1 Å². The van der Waals surface area contributed by atoms with Gasteiger partial charge in [-0.3, -0.25) is 19.5 Å². The number of nitrogens with one attached hydrogen (secondary N) is 1. The van der Waals surface area contributed by atoms with Gasteiger partial charge in [0.25, 0.3) is 5.89 Å². The first-order valence-corrected chi connectivity index (χ1v) is 12.0. The van der Waals surface area contributed by atoms with Crippen molar-refractivity contribution in [2.24, 2.45) is 5.92 Å². The van der Waals surface area contributed by atoms with Crippen molar-refractivity contribution in [3.63, 3.8) is 0 Å². The molecule has 0 aliphatic carbocycles. The van der Waals surface area contributed by atoms with E-state index in [4.69, 9.17) is 4.52 Å². The van der Waals surface area contributed by atoms with Gasteiger partial charge in [0.1, 0.15) is 6.04 Å². The lowest BCUT2D eigenvalue weighted by Crippen LogP contribution is -2.54. The van der Waals surface area contributed by atoms with Gasteiger partial charge in [-0.05, 0) is 30.0 Å². The summed E-state index contributed by atoms with van der Waals surface area (Å²) in [6.07, 6.45) is 4.04. The second kappa shape index (κ2) is 11.2. The van der Waals surface area contributed by atoms with E-state index < -0.39 is 6.04 Å². The molecule has 1 fully saturated rings. The number of hydrogen-bond acceptors (Lipinski definition) is 7. The van der Waals surface area contributed by atoms with Crippen LogP contribution in [0.2, 0.25) is 0 Å². The van der Waals surface area contributed by atoms with Crippen LogP contribution in [-0.4, -0.2) is 69.0 Å². The zero-order chi connectivity index (χ0) is 24.8. The number of pyridine rings is 1. The van der Waals surface area contributed by atoms with Crippen LogP contribution >= 0.6 is 0 Å². The van der Waals surface area contributed by atoms with Crippen molar-refractivity contribution in [3.05, 3.63) is 54.4 Å². The van der Waals surface area contributed by atoms with Crippen molar-refractivity contribution < 1.29 is 14.1 Å². The van der Waals surface area contributed by atoms with Crippen LogP contribution in [0, 0.1) is 5.92 Å². The van der Waals surface area contributed by atoms with Gasteiger partial charge < -0.3 is 14.7 Å². The predicted octanol–water partition coefficient (Wildman–Crippen LogP) is 2.99. The summed E-state index contributed by atoms with van der Waals surface area (Å²) in [7, 11) is 0. The lowest BCUT2D eigenvalue weighted by atomic mass is 10.0. The van der Waals surface area contributed by atoms with Crippen LogP contribution < -0.4 is 5.32 Å². The van der Waals surface area contributed by atoms with Crippen molar-refractivity contribution >= 4 is 11.8 Å². The Hall–Kier alpha value is -3.59. The molecule has 0 radical (unpaired) electrons. The molecule has 0 unspecified atom stereocenters. The van der Waals surface area contributed by atoms with Gasteiger partial charge >= 0.3 is 0 Å². The first-order chi connectivity index (χ1) is 16.9. The van der Waals surface area contributed by atoms with E-state index in [9.17, 15) is 9.59 Å². The summed E-state index contributed by atoms with van der Waals surface area (Å²) in [4.78, 5) is 37.3. The molecule has 1 atom stereocenters. The van der Waals surface area contributed by atoms with Crippen molar-refractivity contribution in [1.82, 2.24) is 30.2 Å². The highest BCUT2D eigenvalue weighted by molar-refractivity contribution is 5.87. The number of hydrogen-bond donors (Lipinski definition) is 1. The average molecular weight is 477 g/mol. The molecule has 184 valence electrons. The fourth-order valence-electron chi connectivity index (χ4n) is 4.25. The van der Waals surface area contributed by atoms with Crippen LogP contribution in [0.5, 0.6) is 0 Å². The van der Waals surface area contributed by atoms with Gasteiger partial charge in [-0.2, -0.15) is 4.98 Å². The molecule has 1 aromatic carbocycles. The topological polar surface area (TPSA) is 104 Å². The Labute approximate surface area is 205 Å². The fourth-order valence-corrected chi connectivity index (χ4v) is 4.25. The van der Waals surface area contributed by atoms with E-state index in [-0.39, 0.29) is 11.8 Å². The largest absolute Gasteiger partial charge is 0.345 e. The van der Waals surface area contributed by atoms with E-state index in [0.29, 0.717) is 37.1 Å². The molecular weight excluding hydrogens is 444 g/mol. The van der Waals surface area contributed by atoms with Gasteiger partial charge in [-0.15, -0.1) is 0 Å². The lowest BCUT2D eigenvalue weighted by molar-refractivity contribution is -0.138. The Kier molecular flexibility index (Phi) is 7.87. The average Bonchev–Trinajstić information content (AvgIpc) is 3.35. The molecule has 1 aliphatic heterocycles. The second-order valence-corrected chi connectivity index (χ2v) is 9.35. The number of carbonyl (C=O) groups is 2. The van der Waals surface area contributed by atoms with Gasteiger partial charge in [0.15, 0.2) is 0 Å². The maximum atomic E-state index is 13.0. The van der Waals surface area contributed by atoms with Crippen molar-refractivity contribution in [2.45, 2.75) is 39.8 Å². The number of aromatic nitrogens is 3. The Morgan fingerprint density at radius 2 is 1.80 bits per heavy atom. The van der Waals surface area contributed by atoms with Gasteiger partial charge in [0, 0.05) is 57.6 Å².